The molecule has 2 unspecified atom stereocenters. The first kappa shape index (κ1) is 18.7. The second-order valence-corrected chi connectivity index (χ2v) is 7.51. The van der Waals surface area contributed by atoms with Crippen LogP contribution in [0.2, 0.25) is 0 Å². The smallest absolute Gasteiger partial charge is 0.250 e. The molecule has 0 fully saturated rings. The van der Waals surface area contributed by atoms with E-state index in [2.05, 4.69) is 20.8 Å². The summed E-state index contributed by atoms with van der Waals surface area (Å²) in [5, 5.41) is 7.46. The highest BCUT2D eigenvalue weighted by Crippen LogP contribution is 2.52. The molecule has 1 amide bonds. The summed E-state index contributed by atoms with van der Waals surface area (Å²) in [5.74, 6) is -0.344. The van der Waals surface area contributed by atoms with Crippen molar-refractivity contribution in [1.29, 1.82) is 0 Å². The highest BCUT2D eigenvalue weighted by molar-refractivity contribution is 5.91. The Morgan fingerprint density at radius 2 is 2.07 bits per heavy atom. The maximum atomic E-state index is 14.6. The number of hydrazine groups is 1. The predicted octanol–water partition coefficient (Wildman–Crippen LogP) is 2.61. The SMILES string of the molecule is CCn1ncnc1C1C2=CNC(=O)C=C3C2=C(CNN3F)CC1c1ccc(F)cc1. The minimum Gasteiger partial charge on any atom is -0.329 e. The third-order valence-corrected chi connectivity index (χ3v) is 5.90. The van der Waals surface area contributed by atoms with Crippen molar-refractivity contribution in [2.45, 2.75) is 31.7 Å². The van der Waals surface area contributed by atoms with Gasteiger partial charge in [-0.15, -0.1) is 5.23 Å². The molecule has 2 atom stereocenters. The molecule has 9 heteroatoms. The lowest BCUT2D eigenvalue weighted by Gasteiger charge is -2.40. The lowest BCUT2D eigenvalue weighted by atomic mass is 9.68. The summed E-state index contributed by atoms with van der Waals surface area (Å²) in [4.78, 5) is 16.7. The van der Waals surface area contributed by atoms with Crippen molar-refractivity contribution in [3.8, 4) is 0 Å². The molecule has 2 N–H and O–H groups in total. The topological polar surface area (TPSA) is 75.1 Å². The van der Waals surface area contributed by atoms with Crippen LogP contribution in [0.1, 0.15) is 36.6 Å². The summed E-state index contributed by atoms with van der Waals surface area (Å²) in [6, 6.07) is 6.43. The van der Waals surface area contributed by atoms with Gasteiger partial charge in [0.05, 0.1) is 5.92 Å². The molecule has 0 radical (unpaired) electrons. The average Bonchev–Trinajstić information content (AvgIpc) is 3.14. The summed E-state index contributed by atoms with van der Waals surface area (Å²) in [6.07, 6.45) is 5.02. The summed E-state index contributed by atoms with van der Waals surface area (Å²) in [5.41, 5.74) is 6.28. The lowest BCUT2D eigenvalue weighted by Crippen LogP contribution is -2.41. The first-order valence-electron chi connectivity index (χ1n) is 9.84. The first-order chi connectivity index (χ1) is 14.6. The van der Waals surface area contributed by atoms with Crippen LogP contribution in [0.5, 0.6) is 0 Å². The van der Waals surface area contributed by atoms with E-state index in [1.165, 1.54) is 24.5 Å². The van der Waals surface area contributed by atoms with E-state index in [0.29, 0.717) is 30.3 Å². The van der Waals surface area contributed by atoms with Crippen molar-refractivity contribution in [3.63, 3.8) is 0 Å². The molecule has 7 nitrogen and oxygen atoms in total. The minimum absolute atomic E-state index is 0.0747. The molecular weight excluding hydrogens is 390 g/mol. The van der Waals surface area contributed by atoms with Crippen LogP contribution in [0, 0.1) is 5.82 Å². The number of carbonyl (C=O) groups is 1. The number of allylic oxidation sites excluding steroid dienone is 1. The van der Waals surface area contributed by atoms with Crippen LogP contribution in [-0.2, 0) is 11.3 Å². The molecule has 0 spiro atoms. The number of hydrogen-bond donors (Lipinski definition) is 2. The molecule has 30 heavy (non-hydrogen) atoms. The molecule has 5 rings (SSSR count). The summed E-state index contributed by atoms with van der Waals surface area (Å²) in [6.45, 7) is 2.91. The van der Waals surface area contributed by atoms with Gasteiger partial charge in [0.1, 0.15) is 23.7 Å². The number of amides is 1. The Kier molecular flexibility index (Phi) is 4.47. The maximum absolute atomic E-state index is 14.6. The standard InChI is InChI=1S/C21H20F2N6O/c1-2-28-21(25-11-27-28)20-15(12-3-5-14(22)6-4-12)7-13-9-26-29(23)17-8-18(30)24-10-16(20)19(13)17/h3-6,8,10-11,15,20,26H,2,7,9H2,1H3,(H,24,30). The quantitative estimate of drug-likeness (QED) is 0.761. The molecule has 0 saturated carbocycles. The fourth-order valence-electron chi connectivity index (χ4n) is 4.60. The van der Waals surface area contributed by atoms with Gasteiger partial charge in [-0.2, -0.15) is 5.10 Å². The third-order valence-electron chi connectivity index (χ3n) is 5.90. The molecule has 1 aromatic carbocycles. The molecule has 154 valence electrons. The molecule has 3 heterocycles. The molecule has 1 aliphatic carbocycles. The number of carbonyl (C=O) groups excluding carboxylic acids is 1. The van der Waals surface area contributed by atoms with Crippen molar-refractivity contribution in [3.05, 3.63) is 82.5 Å². The van der Waals surface area contributed by atoms with Crippen molar-refractivity contribution in [2.24, 2.45) is 0 Å². The van der Waals surface area contributed by atoms with E-state index in [0.717, 1.165) is 22.5 Å². The van der Waals surface area contributed by atoms with Crippen molar-refractivity contribution in [2.75, 3.05) is 6.54 Å². The zero-order valence-corrected chi connectivity index (χ0v) is 16.3. The largest absolute Gasteiger partial charge is 0.329 e. The van der Waals surface area contributed by atoms with Gasteiger partial charge in [-0.25, -0.2) is 19.5 Å². The molecule has 0 saturated heterocycles. The van der Waals surface area contributed by atoms with E-state index in [1.54, 1.807) is 23.0 Å². The predicted molar refractivity (Wildman–Crippen MR) is 104 cm³/mol. The van der Waals surface area contributed by atoms with Gasteiger partial charge in [0.25, 0.3) is 0 Å². The summed E-state index contributed by atoms with van der Waals surface area (Å²) >= 11 is 0. The highest BCUT2D eigenvalue weighted by atomic mass is 19.2. The minimum atomic E-state index is -0.404. The lowest BCUT2D eigenvalue weighted by molar-refractivity contribution is -0.115. The fraction of sp³-hybridized carbons (Fsp3) is 0.286. The molecule has 0 bridgehead atoms. The second-order valence-electron chi connectivity index (χ2n) is 7.51. The molecule has 2 aliphatic heterocycles. The van der Waals surface area contributed by atoms with E-state index in [1.807, 2.05) is 6.92 Å². The van der Waals surface area contributed by atoms with Gasteiger partial charge < -0.3 is 5.32 Å². The monoisotopic (exact) mass is 410 g/mol. The van der Waals surface area contributed by atoms with Crippen LogP contribution in [0.4, 0.5) is 8.87 Å². The number of aromatic nitrogens is 3. The van der Waals surface area contributed by atoms with Gasteiger partial charge in [0.2, 0.25) is 5.91 Å². The zero-order chi connectivity index (χ0) is 20.8. The van der Waals surface area contributed by atoms with E-state index in [9.17, 15) is 13.7 Å². The average molecular weight is 410 g/mol. The number of halogens is 2. The van der Waals surface area contributed by atoms with Crippen LogP contribution >= 0.6 is 0 Å². The number of nitrogens with zero attached hydrogens (tertiary/aromatic N) is 4. The van der Waals surface area contributed by atoms with E-state index >= 15 is 0 Å². The van der Waals surface area contributed by atoms with Crippen molar-refractivity contribution < 1.29 is 13.7 Å². The summed E-state index contributed by atoms with van der Waals surface area (Å²) < 4.78 is 30.0. The number of hydrogen-bond acceptors (Lipinski definition) is 5. The molecule has 2 aromatic rings. The van der Waals surface area contributed by atoms with Gasteiger partial charge in [-0.1, -0.05) is 16.6 Å². The van der Waals surface area contributed by atoms with Gasteiger partial charge >= 0.3 is 0 Å². The number of rotatable bonds is 3. The van der Waals surface area contributed by atoms with Crippen LogP contribution in [0.15, 0.2) is 65.3 Å². The highest BCUT2D eigenvalue weighted by Gasteiger charge is 2.43. The Labute approximate surface area is 171 Å². The first-order valence-corrected chi connectivity index (χ1v) is 9.84. The van der Waals surface area contributed by atoms with Gasteiger partial charge in [0, 0.05) is 36.9 Å². The van der Waals surface area contributed by atoms with Crippen molar-refractivity contribution in [1.82, 2.24) is 30.7 Å². The van der Waals surface area contributed by atoms with Crippen LogP contribution < -0.4 is 10.7 Å². The molecular formula is C21H20F2N6O. The zero-order valence-electron chi connectivity index (χ0n) is 16.3. The van der Waals surface area contributed by atoms with E-state index in [4.69, 9.17) is 0 Å². The van der Waals surface area contributed by atoms with Crippen LogP contribution in [0.3, 0.4) is 0 Å². The van der Waals surface area contributed by atoms with E-state index < -0.39 is 5.91 Å². The Bertz CT molecular complexity index is 1100. The second kappa shape index (κ2) is 7.17. The Balaban J connectivity index is 1.74. The summed E-state index contributed by atoms with van der Waals surface area (Å²) in [7, 11) is 0. The number of nitrogens with one attached hydrogen (secondary N) is 2. The van der Waals surface area contributed by atoms with Gasteiger partial charge in [0.15, 0.2) is 0 Å². The van der Waals surface area contributed by atoms with Crippen LogP contribution in [-0.4, -0.2) is 32.4 Å². The Hall–Kier alpha value is -3.33. The Morgan fingerprint density at radius 3 is 2.83 bits per heavy atom. The molecule has 1 aromatic heterocycles. The third kappa shape index (κ3) is 2.93. The Morgan fingerprint density at radius 1 is 1.27 bits per heavy atom. The number of aryl methyl sites for hydroxylation is 1. The van der Waals surface area contributed by atoms with E-state index in [-0.39, 0.29) is 23.4 Å². The normalized spacial score (nSPS) is 23.4. The van der Waals surface area contributed by atoms with Crippen LogP contribution in [0.25, 0.3) is 0 Å². The van der Waals surface area contributed by atoms with Gasteiger partial charge in [-0.05, 0) is 42.2 Å². The number of benzene rings is 1. The maximum Gasteiger partial charge on any atom is 0.250 e. The fourth-order valence-corrected chi connectivity index (χ4v) is 4.60. The van der Waals surface area contributed by atoms with Crippen molar-refractivity contribution >= 4 is 5.91 Å². The molecule has 3 aliphatic rings. The van der Waals surface area contributed by atoms with Gasteiger partial charge in [-0.3, -0.25) is 4.79 Å².